The molecule has 0 bridgehead atoms. The Hall–Kier alpha value is -0.810. The molecule has 0 radical (unpaired) electrons. The smallest absolute Gasteiger partial charge is 0.380 e. The van der Waals surface area contributed by atoms with Gasteiger partial charge in [-0.15, -0.1) is 0 Å². The minimum atomic E-state index is -4.64. The van der Waals surface area contributed by atoms with Crippen LogP contribution < -0.4 is 5.73 Å². The average molecular weight is 132 g/mol. The van der Waals surface area contributed by atoms with Crippen LogP contribution in [0.15, 0.2) is 0 Å². The molecule has 0 saturated carbocycles. The van der Waals surface area contributed by atoms with E-state index in [9.17, 15) is 13.2 Å². The highest BCUT2D eigenvalue weighted by atomic mass is 19.4. The molecule has 0 fully saturated rings. The Morgan fingerprint density at radius 3 is 1.50 bits per heavy atom. The summed E-state index contributed by atoms with van der Waals surface area (Å²) in [5.41, 5.74) is 4.03. The summed E-state index contributed by atoms with van der Waals surface area (Å²) in [5.74, 6) is -1.76. The van der Waals surface area contributed by atoms with Crippen LogP contribution in [-0.4, -0.2) is 12.0 Å². The summed E-state index contributed by atoms with van der Waals surface area (Å²) in [7, 11) is 0. The number of hydrogen-bond acceptors (Lipinski definition) is 1. The van der Waals surface area contributed by atoms with E-state index >= 15 is 0 Å². The first-order chi connectivity index (χ1) is 2.94. The predicted molar refractivity (Wildman–Crippen MR) is 20.5 cm³/mol. The molecule has 0 aromatic heterocycles. The highest BCUT2D eigenvalue weighted by Gasteiger charge is 2.31. The summed E-state index contributed by atoms with van der Waals surface area (Å²) in [6, 6.07) is 0. The van der Waals surface area contributed by atoms with Gasteiger partial charge in [0.05, 0.1) is 0 Å². The maximum atomic E-state index is 10.8. The lowest BCUT2D eigenvalue weighted by molar-refractivity contribution is -0.0606. The van der Waals surface area contributed by atoms with Crippen molar-refractivity contribution in [2.75, 3.05) is 0 Å². The first-order valence-corrected chi connectivity index (χ1v) is 1.36. The summed E-state index contributed by atoms with van der Waals surface area (Å²) in [6.45, 7) is 0. The van der Waals surface area contributed by atoms with Crippen molar-refractivity contribution in [1.29, 1.82) is 5.41 Å². The molecule has 2 nitrogen and oxygen atoms in total. The highest BCUT2D eigenvalue weighted by Crippen LogP contribution is 2.12. The quantitative estimate of drug-likeness (QED) is 0.283. The van der Waals surface area contributed by atoms with Crippen molar-refractivity contribution in [3.63, 3.8) is 0 Å². The molecule has 0 aromatic rings. The SMILES string of the molecule is F.N=C(N)C(F)(F)F. The molecule has 50 valence electrons. The topological polar surface area (TPSA) is 49.9 Å². The van der Waals surface area contributed by atoms with Crippen molar-refractivity contribution >= 4 is 5.84 Å². The summed E-state index contributed by atoms with van der Waals surface area (Å²) in [6.07, 6.45) is -4.64. The number of amidine groups is 1. The minimum Gasteiger partial charge on any atom is -0.380 e. The fourth-order valence-corrected chi connectivity index (χ4v) is 0. The van der Waals surface area contributed by atoms with Gasteiger partial charge in [0.1, 0.15) is 0 Å². The maximum Gasteiger partial charge on any atom is 0.448 e. The Balaban J connectivity index is 0. The Kier molecular flexibility index (Phi) is 3.18. The van der Waals surface area contributed by atoms with Crippen LogP contribution in [-0.2, 0) is 0 Å². The Morgan fingerprint density at radius 2 is 1.50 bits per heavy atom. The maximum absolute atomic E-state index is 10.8. The molecule has 0 saturated heterocycles. The Labute approximate surface area is 42.4 Å². The van der Waals surface area contributed by atoms with Crippen LogP contribution in [0, 0.1) is 5.41 Å². The summed E-state index contributed by atoms with van der Waals surface area (Å²) in [5, 5.41) is 5.80. The lowest BCUT2D eigenvalue weighted by atomic mass is 10.6. The average Bonchev–Trinajstić information content (AvgIpc) is 1.31. The van der Waals surface area contributed by atoms with Crippen LogP contribution in [0.1, 0.15) is 0 Å². The van der Waals surface area contributed by atoms with Crippen molar-refractivity contribution < 1.29 is 17.9 Å². The first kappa shape index (κ1) is 10.2. The molecule has 0 rings (SSSR count). The molecular formula is C2H4F4N2. The summed E-state index contributed by atoms with van der Waals surface area (Å²) in [4.78, 5) is 0. The Bertz CT molecular complexity index is 84.5. The number of rotatable bonds is 0. The van der Waals surface area contributed by atoms with Gasteiger partial charge in [-0.3, -0.25) is 10.1 Å². The molecule has 6 heteroatoms. The van der Waals surface area contributed by atoms with E-state index in [-0.39, 0.29) is 4.70 Å². The molecular weight excluding hydrogens is 128 g/mol. The van der Waals surface area contributed by atoms with Gasteiger partial charge in [0, 0.05) is 0 Å². The van der Waals surface area contributed by atoms with Gasteiger partial charge in [0.2, 0.25) is 0 Å². The third kappa shape index (κ3) is 3.38. The number of alkyl halides is 3. The fraction of sp³-hybridized carbons (Fsp3) is 0.500. The van der Waals surface area contributed by atoms with Crippen molar-refractivity contribution in [2.24, 2.45) is 5.73 Å². The van der Waals surface area contributed by atoms with E-state index in [4.69, 9.17) is 5.41 Å². The zero-order valence-electron chi connectivity index (χ0n) is 3.62. The number of halogens is 4. The standard InChI is InChI=1S/C2H3F3N2.FH/c3-2(4,5)1(6)7;/h(H3,6,7);1H. The Morgan fingerprint density at radius 1 is 1.38 bits per heavy atom. The molecule has 0 spiro atoms. The van der Waals surface area contributed by atoms with Crippen molar-refractivity contribution in [1.82, 2.24) is 0 Å². The van der Waals surface area contributed by atoms with Gasteiger partial charge in [-0.2, -0.15) is 13.2 Å². The van der Waals surface area contributed by atoms with Crippen LogP contribution in [0.5, 0.6) is 0 Å². The van der Waals surface area contributed by atoms with E-state index in [1.54, 1.807) is 0 Å². The van der Waals surface area contributed by atoms with E-state index < -0.39 is 12.0 Å². The van der Waals surface area contributed by atoms with Crippen molar-refractivity contribution in [2.45, 2.75) is 6.18 Å². The van der Waals surface area contributed by atoms with Gasteiger partial charge in [0.25, 0.3) is 0 Å². The minimum absolute atomic E-state index is 0. The highest BCUT2D eigenvalue weighted by molar-refractivity contribution is 5.82. The molecule has 8 heavy (non-hydrogen) atoms. The van der Waals surface area contributed by atoms with Crippen molar-refractivity contribution in [3.05, 3.63) is 0 Å². The first-order valence-electron chi connectivity index (χ1n) is 1.36. The lowest BCUT2D eigenvalue weighted by Gasteiger charge is -1.98. The van der Waals surface area contributed by atoms with E-state index in [0.717, 1.165) is 0 Å². The van der Waals surface area contributed by atoms with E-state index in [1.165, 1.54) is 0 Å². The monoisotopic (exact) mass is 132 g/mol. The van der Waals surface area contributed by atoms with E-state index in [2.05, 4.69) is 5.73 Å². The second kappa shape index (κ2) is 2.49. The largest absolute Gasteiger partial charge is 0.448 e. The molecule has 0 heterocycles. The van der Waals surface area contributed by atoms with E-state index in [0.29, 0.717) is 0 Å². The molecule has 0 aliphatic heterocycles. The zero-order valence-corrected chi connectivity index (χ0v) is 3.62. The molecule has 3 N–H and O–H groups in total. The molecule has 0 atom stereocenters. The molecule has 0 aliphatic rings. The van der Waals surface area contributed by atoms with Gasteiger partial charge in [0.15, 0.2) is 5.84 Å². The van der Waals surface area contributed by atoms with Crippen molar-refractivity contribution in [3.8, 4) is 0 Å². The fourth-order valence-electron chi connectivity index (χ4n) is 0. The normalized spacial score (nSPS) is 9.88. The zero-order chi connectivity index (χ0) is 6.08. The summed E-state index contributed by atoms with van der Waals surface area (Å²) < 4.78 is 32.5. The van der Waals surface area contributed by atoms with E-state index in [1.807, 2.05) is 0 Å². The second-order valence-electron chi connectivity index (χ2n) is 0.911. The molecule has 0 amide bonds. The number of nitrogens with two attached hydrogens (primary N) is 1. The van der Waals surface area contributed by atoms with Gasteiger partial charge in [-0.1, -0.05) is 0 Å². The van der Waals surface area contributed by atoms with Gasteiger partial charge in [-0.05, 0) is 0 Å². The number of hydrogen-bond donors (Lipinski definition) is 2. The summed E-state index contributed by atoms with van der Waals surface area (Å²) >= 11 is 0. The number of nitrogens with one attached hydrogen (secondary N) is 1. The second-order valence-corrected chi connectivity index (χ2v) is 0.911. The molecule has 0 aliphatic carbocycles. The van der Waals surface area contributed by atoms with Gasteiger partial charge in [-0.25, -0.2) is 0 Å². The van der Waals surface area contributed by atoms with Crippen LogP contribution >= 0.6 is 0 Å². The molecule has 0 unspecified atom stereocenters. The third-order valence-electron chi connectivity index (χ3n) is 0.305. The lowest BCUT2D eigenvalue weighted by Crippen LogP contribution is -2.29. The predicted octanol–water partition coefficient (Wildman–Crippen LogP) is 0.637. The van der Waals surface area contributed by atoms with Gasteiger partial charge < -0.3 is 5.73 Å². The van der Waals surface area contributed by atoms with Crippen LogP contribution in [0.4, 0.5) is 17.9 Å². The van der Waals surface area contributed by atoms with Crippen LogP contribution in [0.25, 0.3) is 0 Å². The van der Waals surface area contributed by atoms with Gasteiger partial charge >= 0.3 is 6.18 Å². The van der Waals surface area contributed by atoms with Crippen LogP contribution in [0.2, 0.25) is 0 Å². The van der Waals surface area contributed by atoms with Crippen LogP contribution in [0.3, 0.4) is 0 Å². The molecule has 0 aromatic carbocycles. The third-order valence-corrected chi connectivity index (χ3v) is 0.305.